The molecule has 2 rings (SSSR count). The van der Waals surface area contributed by atoms with Gasteiger partial charge in [-0.2, -0.15) is 0 Å². The first kappa shape index (κ1) is 25.3. The van der Waals surface area contributed by atoms with Crippen LogP contribution < -0.4 is 11.1 Å². The number of hydrogen-bond acceptors (Lipinski definition) is 4. The average Bonchev–Trinajstić information content (AvgIpc) is 3.05. The minimum absolute atomic E-state index is 0. The van der Waals surface area contributed by atoms with Gasteiger partial charge in [-0.25, -0.2) is 4.79 Å². The van der Waals surface area contributed by atoms with E-state index in [1.807, 2.05) is 20.8 Å². The number of hydrogen-bond donors (Lipinski definition) is 2. The second-order valence-electron chi connectivity index (χ2n) is 9.29. The Morgan fingerprint density at radius 1 is 1.29 bits per heavy atom. The van der Waals surface area contributed by atoms with E-state index in [1.165, 1.54) is 19.4 Å². The number of likely N-dealkylation sites (tertiary alicyclic amines) is 2. The number of carbonyl (C=O) groups excluding carboxylic acids is 1. The summed E-state index contributed by atoms with van der Waals surface area (Å²) in [6, 6.07) is 0.566. The molecule has 3 N–H and O–H groups in total. The third-order valence-electron chi connectivity index (χ3n) is 5.68. The topological polar surface area (TPSA) is 83.2 Å². The maximum absolute atomic E-state index is 12.2. The fourth-order valence-corrected chi connectivity index (χ4v) is 3.81. The maximum atomic E-state index is 12.2. The van der Waals surface area contributed by atoms with Gasteiger partial charge in [0.15, 0.2) is 5.96 Å². The number of carbonyl (C=O) groups is 1. The second-order valence-corrected chi connectivity index (χ2v) is 9.29. The van der Waals surface area contributed by atoms with E-state index in [0.717, 1.165) is 25.9 Å². The second kappa shape index (κ2) is 10.8. The molecule has 0 saturated carbocycles. The van der Waals surface area contributed by atoms with Gasteiger partial charge in [0.1, 0.15) is 5.60 Å². The van der Waals surface area contributed by atoms with E-state index in [4.69, 9.17) is 10.5 Å². The van der Waals surface area contributed by atoms with Gasteiger partial charge < -0.3 is 20.7 Å². The highest BCUT2D eigenvalue weighted by Crippen LogP contribution is 2.31. The van der Waals surface area contributed by atoms with Crippen molar-refractivity contribution in [2.24, 2.45) is 16.1 Å². The van der Waals surface area contributed by atoms with E-state index in [1.54, 1.807) is 4.90 Å². The minimum atomic E-state index is -0.449. The zero-order valence-corrected chi connectivity index (χ0v) is 20.6. The van der Waals surface area contributed by atoms with Crippen LogP contribution in [0.2, 0.25) is 0 Å². The van der Waals surface area contributed by atoms with Crippen LogP contribution in [0.5, 0.6) is 0 Å². The number of guanidine groups is 1. The van der Waals surface area contributed by atoms with Gasteiger partial charge in [-0.15, -0.1) is 24.0 Å². The number of nitrogens with two attached hydrogens (primary N) is 1. The van der Waals surface area contributed by atoms with Crippen LogP contribution >= 0.6 is 24.0 Å². The van der Waals surface area contributed by atoms with Gasteiger partial charge in [0.2, 0.25) is 0 Å². The van der Waals surface area contributed by atoms with Crippen LogP contribution in [0.15, 0.2) is 4.99 Å². The van der Waals surface area contributed by atoms with Gasteiger partial charge in [-0.3, -0.25) is 9.89 Å². The van der Waals surface area contributed by atoms with Crippen LogP contribution in [0, 0.1) is 5.41 Å². The molecule has 0 spiro atoms. The van der Waals surface area contributed by atoms with E-state index >= 15 is 0 Å². The molecule has 2 saturated heterocycles. The largest absolute Gasteiger partial charge is 0.444 e. The number of piperidine rings is 1. The summed E-state index contributed by atoms with van der Waals surface area (Å²) < 4.78 is 5.47. The Bertz CT molecular complexity index is 527. The number of rotatable bonds is 5. The monoisotopic (exact) mass is 509 g/mol. The van der Waals surface area contributed by atoms with Crippen LogP contribution in [0.3, 0.4) is 0 Å². The number of amides is 1. The first-order chi connectivity index (χ1) is 12.6. The third-order valence-corrected chi connectivity index (χ3v) is 5.68. The van der Waals surface area contributed by atoms with Crippen molar-refractivity contribution in [3.8, 4) is 0 Å². The lowest BCUT2D eigenvalue weighted by Crippen LogP contribution is -2.46. The van der Waals surface area contributed by atoms with Gasteiger partial charge in [-0.05, 0) is 65.0 Å². The summed E-state index contributed by atoms with van der Waals surface area (Å²) in [6.45, 7) is 15.4. The molecule has 2 aliphatic heterocycles. The van der Waals surface area contributed by atoms with Crippen molar-refractivity contribution >= 4 is 36.0 Å². The summed E-state index contributed by atoms with van der Waals surface area (Å²) in [7, 11) is 0. The highest BCUT2D eigenvalue weighted by Gasteiger charge is 2.33. The molecule has 0 aliphatic carbocycles. The Morgan fingerprint density at radius 3 is 2.50 bits per heavy atom. The van der Waals surface area contributed by atoms with Gasteiger partial charge in [-0.1, -0.05) is 13.8 Å². The zero-order valence-electron chi connectivity index (χ0n) is 18.3. The Kier molecular flexibility index (Phi) is 9.79. The number of likely N-dealkylation sites (N-methyl/N-ethyl adjacent to an activating group) is 1. The fourth-order valence-electron chi connectivity index (χ4n) is 3.81. The van der Waals surface area contributed by atoms with E-state index < -0.39 is 5.60 Å². The summed E-state index contributed by atoms with van der Waals surface area (Å²) in [4.78, 5) is 21.1. The van der Waals surface area contributed by atoms with E-state index in [-0.39, 0.29) is 35.5 Å². The smallest absolute Gasteiger partial charge is 0.410 e. The molecule has 8 heteroatoms. The predicted octanol–water partition coefficient (Wildman–Crippen LogP) is 3.03. The Labute approximate surface area is 187 Å². The highest BCUT2D eigenvalue weighted by molar-refractivity contribution is 14.0. The number of halogens is 1. The standard InChI is InChI=1S/C20H39N5O2.HI/c1-6-24-11-7-8-16(24)14-22-17(21)23-15-20(5)9-12-25(13-10-20)18(26)27-19(2,3)4;/h16H,6-15H2,1-5H3,(H3,21,22,23);1H. The third kappa shape index (κ3) is 7.93. The van der Waals surface area contributed by atoms with E-state index in [2.05, 4.69) is 29.1 Å². The van der Waals surface area contributed by atoms with Gasteiger partial charge in [0.25, 0.3) is 0 Å². The van der Waals surface area contributed by atoms with Crippen LogP contribution in [0.25, 0.3) is 0 Å². The summed E-state index contributed by atoms with van der Waals surface area (Å²) in [5, 5.41) is 3.30. The van der Waals surface area contributed by atoms with Crippen LogP contribution in [0.1, 0.15) is 60.3 Å². The van der Waals surface area contributed by atoms with Crippen molar-refractivity contribution < 1.29 is 9.53 Å². The quantitative estimate of drug-likeness (QED) is 0.338. The Morgan fingerprint density at radius 2 is 1.93 bits per heavy atom. The molecule has 0 aromatic rings. The molecule has 28 heavy (non-hydrogen) atoms. The molecule has 7 nitrogen and oxygen atoms in total. The fraction of sp³-hybridized carbons (Fsp3) is 0.900. The maximum Gasteiger partial charge on any atom is 0.410 e. The summed E-state index contributed by atoms with van der Waals surface area (Å²) in [6.07, 6.45) is 4.10. The number of aliphatic imine (C=N–C) groups is 1. The molecule has 0 bridgehead atoms. The normalized spacial score (nSPS) is 23.2. The summed E-state index contributed by atoms with van der Waals surface area (Å²) in [5.41, 5.74) is 5.72. The molecule has 1 unspecified atom stereocenters. The average molecular weight is 509 g/mol. The molecule has 0 radical (unpaired) electrons. The van der Waals surface area contributed by atoms with Crippen LogP contribution in [-0.2, 0) is 4.74 Å². The molecule has 2 aliphatic rings. The van der Waals surface area contributed by atoms with E-state index in [0.29, 0.717) is 31.6 Å². The lowest BCUT2D eigenvalue weighted by atomic mass is 9.80. The zero-order chi connectivity index (χ0) is 20.1. The van der Waals surface area contributed by atoms with Crippen molar-refractivity contribution in [1.29, 1.82) is 0 Å². The molecule has 0 aromatic heterocycles. The predicted molar refractivity (Wildman–Crippen MR) is 125 cm³/mol. The number of ether oxygens (including phenoxy) is 1. The molecule has 1 amide bonds. The highest BCUT2D eigenvalue weighted by atomic mass is 127. The summed E-state index contributed by atoms with van der Waals surface area (Å²) >= 11 is 0. The Hall–Kier alpha value is -0.770. The molecule has 2 fully saturated rings. The SMILES string of the molecule is CCN1CCCC1CNC(N)=NCC1(C)CCN(C(=O)OC(C)(C)C)CC1.I. The molecular weight excluding hydrogens is 469 g/mol. The molecule has 164 valence electrons. The van der Waals surface area contributed by atoms with E-state index in [9.17, 15) is 4.79 Å². The first-order valence-electron chi connectivity index (χ1n) is 10.4. The van der Waals surface area contributed by atoms with Gasteiger partial charge in [0.05, 0.1) is 0 Å². The van der Waals surface area contributed by atoms with Crippen molar-refractivity contribution in [2.45, 2.75) is 71.9 Å². The van der Waals surface area contributed by atoms with Crippen molar-refractivity contribution in [3.05, 3.63) is 0 Å². The van der Waals surface area contributed by atoms with Crippen molar-refractivity contribution in [3.63, 3.8) is 0 Å². The number of nitrogens with zero attached hydrogens (tertiary/aromatic N) is 3. The minimum Gasteiger partial charge on any atom is -0.444 e. The van der Waals surface area contributed by atoms with Crippen LogP contribution in [-0.4, -0.2) is 72.8 Å². The van der Waals surface area contributed by atoms with Crippen molar-refractivity contribution in [1.82, 2.24) is 15.1 Å². The Balaban J connectivity index is 0.00000392. The molecular formula is C20H40IN5O2. The molecule has 1 atom stereocenters. The van der Waals surface area contributed by atoms with Crippen molar-refractivity contribution in [2.75, 3.05) is 39.3 Å². The lowest BCUT2D eigenvalue weighted by Gasteiger charge is -2.39. The molecule has 0 aromatic carbocycles. The summed E-state index contributed by atoms with van der Waals surface area (Å²) in [5.74, 6) is 0.536. The van der Waals surface area contributed by atoms with Gasteiger partial charge in [0, 0.05) is 32.2 Å². The first-order valence-corrected chi connectivity index (χ1v) is 10.4. The van der Waals surface area contributed by atoms with Gasteiger partial charge >= 0.3 is 6.09 Å². The van der Waals surface area contributed by atoms with Crippen LogP contribution in [0.4, 0.5) is 4.79 Å². The molecule has 2 heterocycles. The lowest BCUT2D eigenvalue weighted by molar-refractivity contribution is 0.0127. The number of nitrogens with one attached hydrogen (secondary N) is 1.